The van der Waals surface area contributed by atoms with E-state index in [-0.39, 0.29) is 12.0 Å². The van der Waals surface area contributed by atoms with Gasteiger partial charge in [-0.25, -0.2) is 0 Å². The Labute approximate surface area is 143 Å². The quantitative estimate of drug-likeness (QED) is 0.797. The first-order valence-electron chi connectivity index (χ1n) is 8.04. The highest BCUT2D eigenvalue weighted by Crippen LogP contribution is 2.29. The van der Waals surface area contributed by atoms with Gasteiger partial charge in [0.05, 0.1) is 12.5 Å². The van der Waals surface area contributed by atoms with E-state index in [1.807, 2.05) is 18.2 Å². The van der Waals surface area contributed by atoms with Crippen molar-refractivity contribution >= 4 is 23.2 Å². The Morgan fingerprint density at radius 3 is 3.04 bits per heavy atom. The van der Waals surface area contributed by atoms with Gasteiger partial charge in [0, 0.05) is 44.0 Å². The summed E-state index contributed by atoms with van der Waals surface area (Å²) in [7, 11) is 1.58. The molecule has 1 aliphatic heterocycles. The topological polar surface area (TPSA) is 67.6 Å². The monoisotopic (exact) mass is 339 g/mol. The maximum atomic E-state index is 11.9. The van der Waals surface area contributed by atoms with Crippen molar-refractivity contribution in [2.24, 2.45) is 11.7 Å². The molecule has 3 N–H and O–H groups in total. The van der Waals surface area contributed by atoms with E-state index < -0.39 is 0 Å². The van der Waals surface area contributed by atoms with Crippen LogP contribution >= 0.6 is 11.6 Å². The Balaban J connectivity index is 1.81. The number of hydrogen-bond acceptors (Lipinski definition) is 4. The average molecular weight is 340 g/mol. The molecule has 0 spiro atoms. The molecule has 1 saturated heterocycles. The zero-order valence-corrected chi connectivity index (χ0v) is 14.6. The van der Waals surface area contributed by atoms with E-state index in [9.17, 15) is 4.79 Å². The Hall–Kier alpha value is -1.30. The maximum absolute atomic E-state index is 11.9. The van der Waals surface area contributed by atoms with Crippen LogP contribution in [0.25, 0.3) is 0 Å². The van der Waals surface area contributed by atoms with Crippen LogP contribution < -0.4 is 16.0 Å². The standard InChI is InChI=1S/C17H26ClN3O2/c1-12-3-4-14(18)7-16(12)21-6-5-13(11-21)10-20-17(22)8-15(9-19)23-2/h3-4,7,13,15H,5-6,8-11,19H2,1-2H3,(H,20,22). The number of benzene rings is 1. The van der Waals surface area contributed by atoms with Crippen LogP contribution in [0.2, 0.25) is 5.02 Å². The SMILES string of the molecule is COC(CN)CC(=O)NCC1CCN(c2cc(Cl)ccc2C)C1. The Morgan fingerprint density at radius 2 is 2.35 bits per heavy atom. The van der Waals surface area contributed by atoms with Gasteiger partial charge >= 0.3 is 0 Å². The van der Waals surface area contributed by atoms with Crippen molar-refractivity contribution in [3.05, 3.63) is 28.8 Å². The minimum absolute atomic E-state index is 0.000291. The summed E-state index contributed by atoms with van der Waals surface area (Å²) in [6.45, 7) is 5.07. The number of nitrogens with one attached hydrogen (secondary N) is 1. The molecule has 2 atom stereocenters. The fraction of sp³-hybridized carbons (Fsp3) is 0.588. The fourth-order valence-electron chi connectivity index (χ4n) is 2.94. The van der Waals surface area contributed by atoms with Gasteiger partial charge in [0.15, 0.2) is 0 Å². The lowest BCUT2D eigenvalue weighted by Gasteiger charge is -2.21. The molecule has 23 heavy (non-hydrogen) atoms. The van der Waals surface area contributed by atoms with Crippen LogP contribution in [0.15, 0.2) is 18.2 Å². The Kier molecular flexibility index (Phi) is 6.69. The predicted molar refractivity (Wildman–Crippen MR) is 94.0 cm³/mol. The van der Waals surface area contributed by atoms with Gasteiger partial charge in [-0.1, -0.05) is 17.7 Å². The zero-order chi connectivity index (χ0) is 16.8. The number of nitrogens with zero attached hydrogens (tertiary/aromatic N) is 1. The lowest BCUT2D eigenvalue weighted by Crippen LogP contribution is -2.35. The Bertz CT molecular complexity index is 535. The highest BCUT2D eigenvalue weighted by molar-refractivity contribution is 6.30. The van der Waals surface area contributed by atoms with E-state index in [0.29, 0.717) is 25.4 Å². The number of nitrogens with two attached hydrogens (primary N) is 1. The van der Waals surface area contributed by atoms with Crippen LogP contribution in [-0.4, -0.2) is 45.3 Å². The summed E-state index contributed by atoms with van der Waals surface area (Å²) in [5.41, 5.74) is 7.95. The number of carbonyl (C=O) groups excluding carboxylic acids is 1. The van der Waals surface area contributed by atoms with E-state index in [1.54, 1.807) is 7.11 Å². The van der Waals surface area contributed by atoms with Crippen molar-refractivity contribution in [2.75, 3.05) is 38.2 Å². The number of rotatable bonds is 7. The molecule has 1 aliphatic rings. The molecule has 0 aromatic heterocycles. The minimum atomic E-state index is -0.204. The third-order valence-corrected chi connectivity index (χ3v) is 4.63. The third-order valence-electron chi connectivity index (χ3n) is 4.39. The van der Waals surface area contributed by atoms with Crippen LogP contribution in [0.3, 0.4) is 0 Å². The molecule has 6 heteroatoms. The van der Waals surface area contributed by atoms with Crippen molar-refractivity contribution in [1.29, 1.82) is 0 Å². The minimum Gasteiger partial charge on any atom is -0.380 e. The molecule has 2 rings (SSSR count). The molecule has 1 aromatic rings. The number of aryl methyl sites for hydroxylation is 1. The first kappa shape index (κ1) is 18.0. The highest BCUT2D eigenvalue weighted by atomic mass is 35.5. The van der Waals surface area contributed by atoms with Crippen molar-refractivity contribution in [3.8, 4) is 0 Å². The van der Waals surface area contributed by atoms with Crippen molar-refractivity contribution in [2.45, 2.75) is 25.9 Å². The number of anilines is 1. The first-order valence-corrected chi connectivity index (χ1v) is 8.42. The van der Waals surface area contributed by atoms with Gasteiger partial charge in [-0.2, -0.15) is 0 Å². The van der Waals surface area contributed by atoms with E-state index in [1.165, 1.54) is 11.3 Å². The summed E-state index contributed by atoms with van der Waals surface area (Å²) in [5, 5.41) is 3.75. The highest BCUT2D eigenvalue weighted by Gasteiger charge is 2.24. The molecule has 1 aromatic carbocycles. The second-order valence-electron chi connectivity index (χ2n) is 6.13. The molecule has 0 saturated carbocycles. The van der Waals surface area contributed by atoms with E-state index in [4.69, 9.17) is 22.1 Å². The molecule has 128 valence electrons. The van der Waals surface area contributed by atoms with Crippen molar-refractivity contribution in [3.63, 3.8) is 0 Å². The summed E-state index contributed by atoms with van der Waals surface area (Å²) in [5.74, 6) is 0.455. The van der Waals surface area contributed by atoms with Gasteiger partial charge < -0.3 is 20.7 Å². The number of methoxy groups -OCH3 is 1. The molecule has 0 bridgehead atoms. The molecule has 0 aliphatic carbocycles. The molecule has 1 amide bonds. The van der Waals surface area contributed by atoms with Gasteiger partial charge in [0.1, 0.15) is 0 Å². The van der Waals surface area contributed by atoms with Crippen molar-refractivity contribution < 1.29 is 9.53 Å². The molecule has 0 radical (unpaired) electrons. The second-order valence-corrected chi connectivity index (χ2v) is 6.57. The Morgan fingerprint density at radius 1 is 1.57 bits per heavy atom. The molecule has 2 unspecified atom stereocenters. The third kappa shape index (κ3) is 5.09. The normalized spacial score (nSPS) is 19.0. The lowest BCUT2D eigenvalue weighted by molar-refractivity contribution is -0.123. The van der Waals surface area contributed by atoms with Crippen LogP contribution in [0.1, 0.15) is 18.4 Å². The summed E-state index contributed by atoms with van der Waals surface area (Å²) in [4.78, 5) is 14.2. The van der Waals surface area contributed by atoms with Gasteiger partial charge in [-0.3, -0.25) is 4.79 Å². The lowest BCUT2D eigenvalue weighted by atomic mass is 10.1. The largest absolute Gasteiger partial charge is 0.380 e. The second kappa shape index (κ2) is 8.52. The van der Waals surface area contributed by atoms with Gasteiger partial charge in [0.25, 0.3) is 0 Å². The first-order chi connectivity index (χ1) is 11.0. The van der Waals surface area contributed by atoms with E-state index >= 15 is 0 Å². The van der Waals surface area contributed by atoms with Gasteiger partial charge in [-0.05, 0) is 37.0 Å². The van der Waals surface area contributed by atoms with Crippen molar-refractivity contribution in [1.82, 2.24) is 5.32 Å². The molecule has 1 heterocycles. The molecule has 5 nitrogen and oxygen atoms in total. The van der Waals surface area contributed by atoms with Gasteiger partial charge in [0.2, 0.25) is 5.91 Å². The summed E-state index contributed by atoms with van der Waals surface area (Å²) in [6.07, 6.45) is 1.18. The number of ether oxygens (including phenoxy) is 1. The average Bonchev–Trinajstić information content (AvgIpc) is 3.01. The summed E-state index contributed by atoms with van der Waals surface area (Å²) < 4.78 is 5.13. The molecular weight excluding hydrogens is 314 g/mol. The van der Waals surface area contributed by atoms with Crippen LogP contribution in [0.5, 0.6) is 0 Å². The number of amides is 1. The predicted octanol–water partition coefficient (Wildman–Crippen LogP) is 1.95. The summed E-state index contributed by atoms with van der Waals surface area (Å²) in [6, 6.07) is 5.98. The van der Waals surface area contributed by atoms with E-state index in [2.05, 4.69) is 17.1 Å². The van der Waals surface area contributed by atoms with Crippen LogP contribution in [0.4, 0.5) is 5.69 Å². The molecule has 1 fully saturated rings. The number of hydrogen-bond donors (Lipinski definition) is 2. The summed E-state index contributed by atoms with van der Waals surface area (Å²) >= 11 is 6.10. The van der Waals surface area contributed by atoms with Gasteiger partial charge in [-0.15, -0.1) is 0 Å². The molecular formula is C17H26ClN3O2. The maximum Gasteiger partial charge on any atom is 0.222 e. The van der Waals surface area contributed by atoms with Crippen LogP contribution in [-0.2, 0) is 9.53 Å². The fourth-order valence-corrected chi connectivity index (χ4v) is 3.11. The zero-order valence-electron chi connectivity index (χ0n) is 13.8. The van der Waals surface area contributed by atoms with Crippen LogP contribution in [0, 0.1) is 12.8 Å². The number of halogens is 1. The van der Waals surface area contributed by atoms with E-state index in [0.717, 1.165) is 24.5 Å². The number of carbonyl (C=O) groups is 1. The smallest absolute Gasteiger partial charge is 0.222 e.